The number of aliphatic hydroxyl groups excluding tert-OH is 1. The standard InChI is InChI=1S/C16H22ClNO4/c1-18(10-16(11-19)4-6-22-7-5-16)15(21)9-12-2-3-14(20)13(17)8-12/h2-3,8,19-20H,4-7,9-11H2,1H3. The van der Waals surface area contributed by atoms with Gasteiger partial charge in [-0.1, -0.05) is 17.7 Å². The van der Waals surface area contributed by atoms with E-state index in [1.165, 1.54) is 6.07 Å². The van der Waals surface area contributed by atoms with Gasteiger partial charge in [0.05, 0.1) is 18.1 Å². The Hall–Kier alpha value is -1.30. The molecule has 1 heterocycles. The summed E-state index contributed by atoms with van der Waals surface area (Å²) >= 11 is 5.86. The molecule has 5 nitrogen and oxygen atoms in total. The number of hydrogen-bond acceptors (Lipinski definition) is 4. The molecule has 0 aromatic heterocycles. The number of benzene rings is 1. The van der Waals surface area contributed by atoms with Gasteiger partial charge in [0.25, 0.3) is 0 Å². The molecule has 6 heteroatoms. The summed E-state index contributed by atoms with van der Waals surface area (Å²) in [6.07, 6.45) is 1.73. The van der Waals surface area contributed by atoms with Crippen LogP contribution < -0.4 is 0 Å². The molecule has 0 aliphatic carbocycles. The number of amides is 1. The van der Waals surface area contributed by atoms with Crippen LogP contribution in [0.3, 0.4) is 0 Å². The number of carbonyl (C=O) groups is 1. The molecule has 0 atom stereocenters. The van der Waals surface area contributed by atoms with Gasteiger partial charge < -0.3 is 19.8 Å². The molecule has 1 saturated heterocycles. The van der Waals surface area contributed by atoms with Crippen molar-refractivity contribution in [3.8, 4) is 5.75 Å². The lowest BCUT2D eigenvalue weighted by molar-refractivity contribution is -0.132. The summed E-state index contributed by atoms with van der Waals surface area (Å²) in [7, 11) is 1.75. The van der Waals surface area contributed by atoms with Gasteiger partial charge in [-0.3, -0.25) is 4.79 Å². The number of aromatic hydroxyl groups is 1. The van der Waals surface area contributed by atoms with Crippen molar-refractivity contribution in [2.45, 2.75) is 19.3 Å². The highest BCUT2D eigenvalue weighted by Gasteiger charge is 2.34. The molecular formula is C16H22ClNO4. The van der Waals surface area contributed by atoms with E-state index in [2.05, 4.69) is 0 Å². The average Bonchev–Trinajstić information content (AvgIpc) is 2.51. The number of phenolic OH excluding ortho intramolecular Hbond substituents is 1. The minimum Gasteiger partial charge on any atom is -0.506 e. The normalized spacial score (nSPS) is 17.2. The second-order valence-electron chi connectivity index (χ2n) is 5.98. The first-order chi connectivity index (χ1) is 10.5. The van der Waals surface area contributed by atoms with Crippen molar-refractivity contribution in [1.82, 2.24) is 4.90 Å². The van der Waals surface area contributed by atoms with Crippen LogP contribution in [0, 0.1) is 5.41 Å². The van der Waals surface area contributed by atoms with Gasteiger partial charge in [0.1, 0.15) is 5.75 Å². The van der Waals surface area contributed by atoms with Crippen LogP contribution in [0.4, 0.5) is 0 Å². The molecule has 1 fully saturated rings. The molecule has 1 amide bonds. The number of likely N-dealkylation sites (N-methyl/N-ethyl adjacent to an activating group) is 1. The van der Waals surface area contributed by atoms with E-state index >= 15 is 0 Å². The second kappa shape index (κ2) is 7.31. The quantitative estimate of drug-likeness (QED) is 0.865. The van der Waals surface area contributed by atoms with Crippen molar-refractivity contribution in [2.24, 2.45) is 5.41 Å². The Morgan fingerprint density at radius 3 is 2.68 bits per heavy atom. The van der Waals surface area contributed by atoms with E-state index < -0.39 is 0 Å². The Morgan fingerprint density at radius 2 is 2.09 bits per heavy atom. The van der Waals surface area contributed by atoms with Crippen LogP contribution in [-0.4, -0.2) is 54.4 Å². The smallest absolute Gasteiger partial charge is 0.226 e. The number of hydrogen-bond donors (Lipinski definition) is 2. The highest BCUT2D eigenvalue weighted by Crippen LogP contribution is 2.31. The lowest BCUT2D eigenvalue weighted by Gasteiger charge is -2.38. The maximum Gasteiger partial charge on any atom is 0.226 e. The molecule has 0 bridgehead atoms. The van der Waals surface area contributed by atoms with E-state index in [1.54, 1.807) is 24.1 Å². The van der Waals surface area contributed by atoms with Crippen LogP contribution in [0.25, 0.3) is 0 Å². The van der Waals surface area contributed by atoms with Crippen molar-refractivity contribution in [1.29, 1.82) is 0 Å². The van der Waals surface area contributed by atoms with Crippen LogP contribution >= 0.6 is 11.6 Å². The fraction of sp³-hybridized carbons (Fsp3) is 0.562. The highest BCUT2D eigenvalue weighted by atomic mass is 35.5. The Balaban J connectivity index is 1.97. The van der Waals surface area contributed by atoms with Crippen LogP contribution in [0.1, 0.15) is 18.4 Å². The van der Waals surface area contributed by atoms with Crippen molar-refractivity contribution >= 4 is 17.5 Å². The van der Waals surface area contributed by atoms with E-state index in [1.807, 2.05) is 0 Å². The number of halogens is 1. The molecule has 1 aliphatic rings. The average molecular weight is 328 g/mol. The molecule has 0 spiro atoms. The summed E-state index contributed by atoms with van der Waals surface area (Å²) in [5.41, 5.74) is 0.486. The third-order valence-corrected chi connectivity index (χ3v) is 4.56. The molecule has 2 N–H and O–H groups in total. The summed E-state index contributed by atoms with van der Waals surface area (Å²) in [6.45, 7) is 1.81. The predicted molar refractivity (Wildman–Crippen MR) is 84.0 cm³/mol. The number of aliphatic hydroxyl groups is 1. The summed E-state index contributed by atoms with van der Waals surface area (Å²) < 4.78 is 5.34. The molecular weight excluding hydrogens is 306 g/mol. The Morgan fingerprint density at radius 1 is 1.41 bits per heavy atom. The third-order valence-electron chi connectivity index (χ3n) is 4.25. The molecule has 1 aliphatic heterocycles. The summed E-state index contributed by atoms with van der Waals surface area (Å²) in [4.78, 5) is 14.0. The lowest BCUT2D eigenvalue weighted by atomic mass is 9.80. The number of rotatable bonds is 5. The van der Waals surface area contributed by atoms with E-state index in [9.17, 15) is 15.0 Å². The Bertz CT molecular complexity index is 529. The number of phenols is 1. The minimum atomic E-state index is -0.269. The molecule has 22 heavy (non-hydrogen) atoms. The summed E-state index contributed by atoms with van der Waals surface area (Å²) in [5, 5.41) is 19.3. The Kier molecular flexibility index (Phi) is 5.67. The van der Waals surface area contributed by atoms with Gasteiger partial charge in [-0.2, -0.15) is 0 Å². The van der Waals surface area contributed by atoms with E-state index in [0.717, 1.165) is 18.4 Å². The van der Waals surface area contributed by atoms with Crippen molar-refractivity contribution < 1.29 is 19.7 Å². The van der Waals surface area contributed by atoms with Crippen LogP contribution in [0.2, 0.25) is 5.02 Å². The zero-order valence-electron chi connectivity index (χ0n) is 12.7. The second-order valence-corrected chi connectivity index (χ2v) is 6.39. The van der Waals surface area contributed by atoms with Gasteiger partial charge in [-0.05, 0) is 30.5 Å². The molecule has 0 unspecified atom stereocenters. The van der Waals surface area contributed by atoms with Gasteiger partial charge >= 0.3 is 0 Å². The predicted octanol–water partition coefficient (Wildman–Crippen LogP) is 1.84. The van der Waals surface area contributed by atoms with Crippen molar-refractivity contribution in [3.05, 3.63) is 28.8 Å². The maximum atomic E-state index is 12.3. The minimum absolute atomic E-state index is 0.00709. The molecule has 2 rings (SSSR count). The largest absolute Gasteiger partial charge is 0.506 e. The first-order valence-corrected chi connectivity index (χ1v) is 7.73. The van der Waals surface area contributed by atoms with E-state index in [4.69, 9.17) is 16.3 Å². The Labute approximate surface area is 135 Å². The first-order valence-electron chi connectivity index (χ1n) is 7.36. The topological polar surface area (TPSA) is 70.0 Å². The van der Waals surface area contributed by atoms with Crippen molar-refractivity contribution in [2.75, 3.05) is 33.4 Å². The number of ether oxygens (including phenoxy) is 1. The number of carbonyl (C=O) groups excluding carboxylic acids is 1. The van der Waals surface area contributed by atoms with Gasteiger partial charge in [0.15, 0.2) is 0 Å². The third kappa shape index (κ3) is 4.12. The molecule has 0 radical (unpaired) electrons. The molecule has 122 valence electrons. The maximum absolute atomic E-state index is 12.3. The van der Waals surface area contributed by atoms with Crippen molar-refractivity contribution in [3.63, 3.8) is 0 Å². The van der Waals surface area contributed by atoms with Crippen LogP contribution in [0.5, 0.6) is 5.75 Å². The molecule has 1 aromatic rings. The van der Waals surface area contributed by atoms with Gasteiger partial charge in [0.2, 0.25) is 5.91 Å². The SMILES string of the molecule is CN(CC1(CO)CCOCC1)C(=O)Cc1ccc(O)c(Cl)c1. The van der Waals surface area contributed by atoms with E-state index in [0.29, 0.717) is 19.8 Å². The van der Waals surface area contributed by atoms with Crippen LogP contribution in [-0.2, 0) is 16.0 Å². The van der Waals surface area contributed by atoms with Gasteiger partial charge in [0, 0.05) is 32.2 Å². The molecule has 0 saturated carbocycles. The summed E-state index contributed by atoms with van der Waals surface area (Å²) in [5.74, 6) is -0.0336. The van der Waals surface area contributed by atoms with Gasteiger partial charge in [-0.15, -0.1) is 0 Å². The van der Waals surface area contributed by atoms with E-state index in [-0.39, 0.29) is 35.1 Å². The fourth-order valence-electron chi connectivity index (χ4n) is 2.73. The first kappa shape index (κ1) is 17.1. The van der Waals surface area contributed by atoms with Crippen LogP contribution in [0.15, 0.2) is 18.2 Å². The highest BCUT2D eigenvalue weighted by molar-refractivity contribution is 6.32. The zero-order chi connectivity index (χ0) is 16.2. The molecule has 1 aromatic carbocycles. The number of nitrogens with zero attached hydrogens (tertiary/aromatic N) is 1. The monoisotopic (exact) mass is 327 g/mol. The zero-order valence-corrected chi connectivity index (χ0v) is 13.5. The summed E-state index contributed by atoms with van der Waals surface area (Å²) in [6, 6.07) is 4.76. The van der Waals surface area contributed by atoms with Gasteiger partial charge in [-0.25, -0.2) is 0 Å². The fourth-order valence-corrected chi connectivity index (χ4v) is 2.94. The lowest BCUT2D eigenvalue weighted by Crippen LogP contribution is -2.45.